The van der Waals surface area contributed by atoms with Crippen LogP contribution < -0.4 is 5.73 Å². The van der Waals surface area contributed by atoms with E-state index >= 15 is 0 Å². The van der Waals surface area contributed by atoms with Crippen LogP contribution in [0.3, 0.4) is 0 Å². The second-order valence-corrected chi connectivity index (χ2v) is 8.76. The Morgan fingerprint density at radius 1 is 1.15 bits per heavy atom. The molecule has 1 aliphatic carbocycles. The lowest BCUT2D eigenvalue weighted by Gasteiger charge is -2.51. The summed E-state index contributed by atoms with van der Waals surface area (Å²) in [5, 5.41) is 0. The van der Waals surface area contributed by atoms with Crippen LogP contribution in [0, 0.1) is 11.8 Å². The number of nitrogens with two attached hydrogens (primary N) is 1. The van der Waals surface area contributed by atoms with Gasteiger partial charge in [0.1, 0.15) is 0 Å². The minimum absolute atomic E-state index is 0.0928. The van der Waals surface area contributed by atoms with Crippen molar-refractivity contribution >= 4 is 10.0 Å². The summed E-state index contributed by atoms with van der Waals surface area (Å²) >= 11 is 0. The van der Waals surface area contributed by atoms with Gasteiger partial charge in [-0.15, -0.1) is 0 Å². The fourth-order valence-corrected chi connectivity index (χ4v) is 4.61. The maximum atomic E-state index is 11.6. The monoisotopic (exact) mass is 303 g/mol. The van der Waals surface area contributed by atoms with Gasteiger partial charge < -0.3 is 5.73 Å². The maximum absolute atomic E-state index is 11.6. The molecule has 1 aliphatic heterocycles. The molecule has 0 aromatic heterocycles. The van der Waals surface area contributed by atoms with Crippen LogP contribution >= 0.6 is 0 Å². The molecule has 0 radical (unpaired) electrons. The quantitative estimate of drug-likeness (QED) is 0.834. The molecule has 20 heavy (non-hydrogen) atoms. The van der Waals surface area contributed by atoms with Gasteiger partial charge in [-0.3, -0.25) is 4.90 Å². The lowest BCUT2D eigenvalue weighted by molar-refractivity contribution is 0.00203. The van der Waals surface area contributed by atoms with Gasteiger partial charge in [-0.25, -0.2) is 8.42 Å². The smallest absolute Gasteiger partial charge is 0.211 e. The van der Waals surface area contributed by atoms with Crippen LogP contribution in [-0.2, 0) is 10.0 Å². The van der Waals surface area contributed by atoms with E-state index in [4.69, 9.17) is 5.73 Å². The molecule has 3 atom stereocenters. The summed E-state index contributed by atoms with van der Waals surface area (Å²) in [5.41, 5.74) is 6.22. The van der Waals surface area contributed by atoms with E-state index in [-0.39, 0.29) is 5.54 Å². The molecule has 5 nitrogen and oxygen atoms in total. The first kappa shape index (κ1) is 16.2. The molecular formula is C14H29N3O2S. The van der Waals surface area contributed by atoms with Crippen LogP contribution in [0.1, 0.15) is 33.1 Å². The minimum atomic E-state index is -3.05. The molecule has 1 heterocycles. The van der Waals surface area contributed by atoms with Crippen molar-refractivity contribution in [3.05, 3.63) is 0 Å². The molecule has 0 amide bonds. The van der Waals surface area contributed by atoms with Gasteiger partial charge in [-0.05, 0) is 31.1 Å². The zero-order chi connectivity index (χ0) is 15.0. The Hall–Kier alpha value is -0.170. The van der Waals surface area contributed by atoms with E-state index in [1.54, 1.807) is 4.31 Å². The second kappa shape index (κ2) is 5.91. The zero-order valence-corrected chi connectivity index (χ0v) is 13.8. The van der Waals surface area contributed by atoms with E-state index in [2.05, 4.69) is 18.7 Å². The summed E-state index contributed by atoms with van der Waals surface area (Å²) in [6, 6.07) is 0. The highest BCUT2D eigenvalue weighted by atomic mass is 32.2. The van der Waals surface area contributed by atoms with E-state index < -0.39 is 10.0 Å². The first-order valence-electron chi connectivity index (χ1n) is 7.69. The van der Waals surface area contributed by atoms with Gasteiger partial charge in [0, 0.05) is 38.3 Å². The molecule has 1 saturated carbocycles. The van der Waals surface area contributed by atoms with Gasteiger partial charge in [-0.2, -0.15) is 4.31 Å². The van der Waals surface area contributed by atoms with Crippen LogP contribution in [-0.4, -0.2) is 62.1 Å². The molecule has 2 rings (SSSR count). The highest BCUT2D eigenvalue weighted by Crippen LogP contribution is 2.39. The molecule has 118 valence electrons. The molecule has 0 aromatic carbocycles. The molecule has 2 N–H and O–H groups in total. The summed E-state index contributed by atoms with van der Waals surface area (Å²) in [4.78, 5) is 2.46. The number of hydrogen-bond acceptors (Lipinski definition) is 4. The van der Waals surface area contributed by atoms with E-state index in [1.807, 2.05) is 0 Å². The highest BCUT2D eigenvalue weighted by Gasteiger charge is 2.42. The maximum Gasteiger partial charge on any atom is 0.211 e. The molecule has 2 aliphatic rings. The van der Waals surface area contributed by atoms with Crippen molar-refractivity contribution in [2.75, 3.05) is 39.0 Å². The van der Waals surface area contributed by atoms with Crippen molar-refractivity contribution in [2.45, 2.75) is 38.6 Å². The number of sulfonamides is 1. The SMILES string of the molecule is CC1CCC(CN)(N2CCN(S(C)(=O)=O)CC2)CC1C. The first-order valence-corrected chi connectivity index (χ1v) is 9.53. The van der Waals surface area contributed by atoms with E-state index in [0.29, 0.717) is 25.6 Å². The molecule has 1 saturated heterocycles. The van der Waals surface area contributed by atoms with E-state index in [0.717, 1.165) is 31.8 Å². The summed E-state index contributed by atoms with van der Waals surface area (Å²) in [5.74, 6) is 1.47. The molecular weight excluding hydrogens is 274 g/mol. The normalized spacial score (nSPS) is 38.0. The number of piperazine rings is 1. The summed E-state index contributed by atoms with van der Waals surface area (Å²) < 4.78 is 24.8. The largest absolute Gasteiger partial charge is 0.329 e. The van der Waals surface area contributed by atoms with Crippen molar-refractivity contribution in [1.82, 2.24) is 9.21 Å². The third kappa shape index (κ3) is 3.18. The fourth-order valence-electron chi connectivity index (χ4n) is 3.78. The van der Waals surface area contributed by atoms with Gasteiger partial charge in [0.05, 0.1) is 6.26 Å². The van der Waals surface area contributed by atoms with Gasteiger partial charge in [0.25, 0.3) is 0 Å². The average molecular weight is 303 g/mol. The van der Waals surface area contributed by atoms with Crippen molar-refractivity contribution < 1.29 is 8.42 Å². The third-order valence-electron chi connectivity index (χ3n) is 5.50. The van der Waals surface area contributed by atoms with E-state index in [9.17, 15) is 8.42 Å². The summed E-state index contributed by atoms with van der Waals surface area (Å²) in [6.07, 6.45) is 4.81. The first-order chi connectivity index (χ1) is 9.28. The standard InChI is InChI=1S/C14H29N3O2S/c1-12-4-5-14(11-15,10-13(12)2)16-6-8-17(9-7-16)20(3,18)19/h12-13H,4-11,15H2,1-3H3. The van der Waals surface area contributed by atoms with Crippen LogP contribution in [0.15, 0.2) is 0 Å². The van der Waals surface area contributed by atoms with E-state index in [1.165, 1.54) is 12.7 Å². The summed E-state index contributed by atoms with van der Waals surface area (Å²) in [6.45, 7) is 8.16. The third-order valence-corrected chi connectivity index (χ3v) is 6.80. The van der Waals surface area contributed by atoms with Crippen LogP contribution in [0.5, 0.6) is 0 Å². The van der Waals surface area contributed by atoms with Crippen LogP contribution in [0.2, 0.25) is 0 Å². The predicted molar refractivity (Wildman–Crippen MR) is 82.0 cm³/mol. The van der Waals surface area contributed by atoms with Crippen molar-refractivity contribution in [3.63, 3.8) is 0 Å². The number of hydrogen-bond donors (Lipinski definition) is 1. The van der Waals surface area contributed by atoms with Crippen molar-refractivity contribution in [2.24, 2.45) is 17.6 Å². The Morgan fingerprint density at radius 3 is 2.20 bits per heavy atom. The average Bonchev–Trinajstić information content (AvgIpc) is 2.41. The molecule has 0 aromatic rings. The van der Waals surface area contributed by atoms with Crippen LogP contribution in [0.25, 0.3) is 0 Å². The lowest BCUT2D eigenvalue weighted by Crippen LogP contribution is -2.62. The van der Waals surface area contributed by atoms with Gasteiger partial charge in [0.2, 0.25) is 10.0 Å². The number of nitrogens with zero attached hydrogens (tertiary/aromatic N) is 2. The van der Waals surface area contributed by atoms with Crippen LogP contribution in [0.4, 0.5) is 0 Å². The molecule has 2 fully saturated rings. The number of rotatable bonds is 3. The van der Waals surface area contributed by atoms with Gasteiger partial charge >= 0.3 is 0 Å². The second-order valence-electron chi connectivity index (χ2n) is 6.77. The topological polar surface area (TPSA) is 66.6 Å². The Labute approximate surface area is 123 Å². The van der Waals surface area contributed by atoms with Crippen molar-refractivity contribution in [3.8, 4) is 0 Å². The Balaban J connectivity index is 2.04. The fraction of sp³-hybridized carbons (Fsp3) is 1.00. The summed E-state index contributed by atoms with van der Waals surface area (Å²) in [7, 11) is -3.05. The minimum Gasteiger partial charge on any atom is -0.329 e. The molecule has 0 spiro atoms. The van der Waals surface area contributed by atoms with Crippen molar-refractivity contribution in [1.29, 1.82) is 0 Å². The molecule has 6 heteroatoms. The van der Waals surface area contributed by atoms with Gasteiger partial charge in [-0.1, -0.05) is 13.8 Å². The Bertz CT molecular complexity index is 432. The molecule has 3 unspecified atom stereocenters. The molecule has 0 bridgehead atoms. The lowest BCUT2D eigenvalue weighted by atomic mass is 9.70. The van der Waals surface area contributed by atoms with Gasteiger partial charge in [0.15, 0.2) is 0 Å². The predicted octanol–water partition coefficient (Wildman–Crippen LogP) is 0.717. The highest BCUT2D eigenvalue weighted by molar-refractivity contribution is 7.88. The Morgan fingerprint density at radius 2 is 1.75 bits per heavy atom. The zero-order valence-electron chi connectivity index (χ0n) is 13.0. The Kier molecular flexibility index (Phi) is 4.79.